The van der Waals surface area contributed by atoms with Gasteiger partial charge in [-0.1, -0.05) is 0 Å². The Bertz CT molecular complexity index is 395. The van der Waals surface area contributed by atoms with Crippen molar-refractivity contribution in [1.82, 2.24) is 24.8 Å². The fraction of sp³-hybridized carbons (Fsp3) is 0.222. The minimum atomic E-state index is 0.718. The van der Waals surface area contributed by atoms with E-state index in [9.17, 15) is 0 Å². The standard InChI is InChI=1S/C9H11N5/c1-10-4-8-5-12-6-9(13-8)14-3-2-11-7-14/h2-3,5-7,10H,4H2,1H3. The van der Waals surface area contributed by atoms with Crippen LogP contribution >= 0.6 is 0 Å². The Kier molecular flexibility index (Phi) is 2.51. The molecule has 0 saturated carbocycles. The maximum Gasteiger partial charge on any atom is 0.156 e. The summed E-state index contributed by atoms with van der Waals surface area (Å²) in [6.45, 7) is 0.718. The first-order valence-corrected chi connectivity index (χ1v) is 4.34. The molecule has 1 N–H and O–H groups in total. The molecule has 0 aromatic carbocycles. The summed E-state index contributed by atoms with van der Waals surface area (Å²) in [7, 11) is 1.88. The molecule has 0 saturated heterocycles. The van der Waals surface area contributed by atoms with Crippen LogP contribution in [0.4, 0.5) is 0 Å². The van der Waals surface area contributed by atoms with Gasteiger partial charge in [0.05, 0.1) is 11.9 Å². The molecule has 0 atom stereocenters. The molecule has 0 radical (unpaired) electrons. The highest BCUT2D eigenvalue weighted by atomic mass is 15.1. The van der Waals surface area contributed by atoms with Crippen molar-refractivity contribution in [2.24, 2.45) is 0 Å². The van der Waals surface area contributed by atoms with E-state index in [4.69, 9.17) is 0 Å². The largest absolute Gasteiger partial charge is 0.314 e. The first-order valence-electron chi connectivity index (χ1n) is 4.34. The van der Waals surface area contributed by atoms with E-state index >= 15 is 0 Å². The summed E-state index contributed by atoms with van der Waals surface area (Å²) in [6.07, 6.45) is 8.71. The predicted molar refractivity (Wildman–Crippen MR) is 51.9 cm³/mol. The van der Waals surface area contributed by atoms with Gasteiger partial charge in [-0.25, -0.2) is 9.97 Å². The second kappa shape index (κ2) is 3.97. The van der Waals surface area contributed by atoms with Crippen LogP contribution < -0.4 is 5.32 Å². The van der Waals surface area contributed by atoms with Crippen molar-refractivity contribution >= 4 is 0 Å². The Morgan fingerprint density at radius 3 is 3.00 bits per heavy atom. The highest BCUT2D eigenvalue weighted by Gasteiger charge is 1.99. The van der Waals surface area contributed by atoms with Gasteiger partial charge >= 0.3 is 0 Å². The van der Waals surface area contributed by atoms with E-state index < -0.39 is 0 Å². The summed E-state index contributed by atoms with van der Waals surface area (Å²) >= 11 is 0. The number of rotatable bonds is 3. The van der Waals surface area contributed by atoms with Gasteiger partial charge in [0.1, 0.15) is 6.33 Å². The highest BCUT2D eigenvalue weighted by Crippen LogP contribution is 2.02. The third kappa shape index (κ3) is 1.77. The van der Waals surface area contributed by atoms with Crippen LogP contribution in [0.2, 0.25) is 0 Å². The molecule has 5 nitrogen and oxygen atoms in total. The normalized spacial score (nSPS) is 10.4. The second-order valence-electron chi connectivity index (χ2n) is 2.87. The third-order valence-electron chi connectivity index (χ3n) is 1.80. The smallest absolute Gasteiger partial charge is 0.156 e. The van der Waals surface area contributed by atoms with Gasteiger partial charge in [0.15, 0.2) is 5.82 Å². The lowest BCUT2D eigenvalue weighted by atomic mass is 10.4. The van der Waals surface area contributed by atoms with E-state index in [1.54, 1.807) is 24.9 Å². The van der Waals surface area contributed by atoms with Gasteiger partial charge in [-0.05, 0) is 7.05 Å². The van der Waals surface area contributed by atoms with Crippen LogP contribution in [0.1, 0.15) is 5.69 Å². The molecule has 2 rings (SSSR count). The SMILES string of the molecule is CNCc1cncc(-n2ccnc2)n1. The average molecular weight is 189 g/mol. The van der Waals surface area contributed by atoms with Gasteiger partial charge in [0.2, 0.25) is 0 Å². The molecule has 14 heavy (non-hydrogen) atoms. The van der Waals surface area contributed by atoms with Crippen LogP contribution in [-0.4, -0.2) is 26.6 Å². The average Bonchev–Trinajstić information content (AvgIpc) is 2.71. The van der Waals surface area contributed by atoms with Gasteiger partial charge in [-0.15, -0.1) is 0 Å². The van der Waals surface area contributed by atoms with E-state index in [1.165, 1.54) is 0 Å². The molecule has 0 aliphatic rings. The van der Waals surface area contributed by atoms with Gasteiger partial charge in [0, 0.05) is 25.1 Å². The number of nitrogens with one attached hydrogen (secondary N) is 1. The molecule has 0 fully saturated rings. The van der Waals surface area contributed by atoms with Gasteiger partial charge in [0.25, 0.3) is 0 Å². The maximum absolute atomic E-state index is 4.40. The van der Waals surface area contributed by atoms with Crippen molar-refractivity contribution in [1.29, 1.82) is 0 Å². The van der Waals surface area contributed by atoms with E-state index in [2.05, 4.69) is 20.3 Å². The molecule has 0 bridgehead atoms. The van der Waals surface area contributed by atoms with Crippen molar-refractivity contribution in [3.63, 3.8) is 0 Å². The Morgan fingerprint density at radius 2 is 2.29 bits per heavy atom. The Hall–Kier alpha value is -1.75. The molecular weight excluding hydrogens is 178 g/mol. The molecule has 0 spiro atoms. The minimum absolute atomic E-state index is 0.718. The summed E-state index contributed by atoms with van der Waals surface area (Å²) in [5.74, 6) is 0.787. The zero-order chi connectivity index (χ0) is 9.80. The zero-order valence-corrected chi connectivity index (χ0v) is 7.88. The summed E-state index contributed by atoms with van der Waals surface area (Å²) in [5, 5.41) is 3.03. The molecular formula is C9H11N5. The summed E-state index contributed by atoms with van der Waals surface area (Å²) in [4.78, 5) is 12.5. The summed E-state index contributed by atoms with van der Waals surface area (Å²) in [5.41, 5.74) is 0.915. The van der Waals surface area contributed by atoms with Crippen molar-refractivity contribution in [2.45, 2.75) is 6.54 Å². The topological polar surface area (TPSA) is 55.6 Å². The summed E-state index contributed by atoms with van der Waals surface area (Å²) in [6, 6.07) is 0. The van der Waals surface area contributed by atoms with Crippen LogP contribution in [0.25, 0.3) is 5.82 Å². The van der Waals surface area contributed by atoms with Crippen molar-refractivity contribution in [3.05, 3.63) is 36.8 Å². The fourth-order valence-corrected chi connectivity index (χ4v) is 1.18. The molecule has 0 unspecified atom stereocenters. The first kappa shape index (κ1) is 8.83. The molecule has 72 valence electrons. The van der Waals surface area contributed by atoms with Crippen LogP contribution in [0.3, 0.4) is 0 Å². The van der Waals surface area contributed by atoms with Crippen LogP contribution in [-0.2, 0) is 6.54 Å². The number of hydrogen-bond donors (Lipinski definition) is 1. The zero-order valence-electron chi connectivity index (χ0n) is 7.88. The first-order chi connectivity index (χ1) is 6.90. The predicted octanol–water partition coefficient (Wildman–Crippen LogP) is 0.382. The lowest BCUT2D eigenvalue weighted by molar-refractivity contribution is 0.775. The van der Waals surface area contributed by atoms with Gasteiger partial charge in [-0.2, -0.15) is 0 Å². The van der Waals surface area contributed by atoms with E-state index in [-0.39, 0.29) is 0 Å². The highest BCUT2D eigenvalue weighted by molar-refractivity contribution is 5.19. The number of aromatic nitrogens is 4. The fourth-order valence-electron chi connectivity index (χ4n) is 1.18. The molecule has 2 aromatic rings. The van der Waals surface area contributed by atoms with Crippen molar-refractivity contribution in [3.8, 4) is 5.82 Å². The quantitative estimate of drug-likeness (QED) is 0.758. The Morgan fingerprint density at radius 1 is 1.36 bits per heavy atom. The number of hydrogen-bond acceptors (Lipinski definition) is 4. The summed E-state index contributed by atoms with van der Waals surface area (Å²) < 4.78 is 1.83. The van der Waals surface area contributed by atoms with Gasteiger partial charge < -0.3 is 5.32 Å². The number of imidazole rings is 1. The maximum atomic E-state index is 4.40. The number of nitrogens with zero attached hydrogens (tertiary/aromatic N) is 4. The Labute approximate surface area is 81.8 Å². The van der Waals surface area contributed by atoms with E-state index in [1.807, 2.05) is 17.8 Å². The second-order valence-corrected chi connectivity index (χ2v) is 2.87. The van der Waals surface area contributed by atoms with Crippen LogP contribution in [0, 0.1) is 0 Å². The van der Waals surface area contributed by atoms with Crippen molar-refractivity contribution in [2.75, 3.05) is 7.05 Å². The third-order valence-corrected chi connectivity index (χ3v) is 1.80. The lowest BCUT2D eigenvalue weighted by Gasteiger charge is -2.02. The lowest BCUT2D eigenvalue weighted by Crippen LogP contribution is -2.09. The molecule has 5 heteroatoms. The van der Waals surface area contributed by atoms with Crippen LogP contribution in [0.15, 0.2) is 31.1 Å². The molecule has 0 aliphatic heterocycles. The molecule has 2 aromatic heterocycles. The minimum Gasteiger partial charge on any atom is -0.314 e. The Balaban J connectivity index is 2.31. The molecule has 0 amide bonds. The monoisotopic (exact) mass is 189 g/mol. The van der Waals surface area contributed by atoms with Gasteiger partial charge in [-0.3, -0.25) is 9.55 Å². The van der Waals surface area contributed by atoms with Crippen molar-refractivity contribution < 1.29 is 0 Å². The molecule has 0 aliphatic carbocycles. The van der Waals surface area contributed by atoms with E-state index in [0.717, 1.165) is 18.1 Å². The van der Waals surface area contributed by atoms with Crippen LogP contribution in [0.5, 0.6) is 0 Å². The van der Waals surface area contributed by atoms with E-state index in [0.29, 0.717) is 0 Å². The molecule has 2 heterocycles.